The first-order chi connectivity index (χ1) is 6.79. The number of fused-ring (bicyclic) bond motifs is 1. The van der Waals surface area contributed by atoms with Crippen LogP contribution in [0.15, 0.2) is 43.0 Å². The van der Waals surface area contributed by atoms with Crippen LogP contribution in [-0.4, -0.2) is 5.11 Å². The molecule has 0 spiro atoms. The largest absolute Gasteiger partial charge is 0.507 e. The Morgan fingerprint density at radius 2 is 2.14 bits per heavy atom. The summed E-state index contributed by atoms with van der Waals surface area (Å²) in [6.45, 7) is 3.70. The summed E-state index contributed by atoms with van der Waals surface area (Å²) in [6.07, 6.45) is 2.75. The van der Waals surface area contributed by atoms with Gasteiger partial charge in [-0.25, -0.2) is 0 Å². The fourth-order valence-corrected chi connectivity index (χ4v) is 1.51. The molecule has 1 heteroatoms. The number of hydrogen-bond acceptors (Lipinski definition) is 1. The fourth-order valence-electron chi connectivity index (χ4n) is 1.51. The van der Waals surface area contributed by atoms with Gasteiger partial charge in [0.25, 0.3) is 0 Å². The lowest BCUT2D eigenvalue weighted by Gasteiger charge is -2.01. The Morgan fingerprint density at radius 1 is 1.29 bits per heavy atom. The van der Waals surface area contributed by atoms with Gasteiger partial charge in [0.15, 0.2) is 0 Å². The van der Waals surface area contributed by atoms with E-state index in [9.17, 15) is 5.11 Å². The molecular weight excluding hydrogens is 172 g/mol. The predicted molar refractivity (Wildman–Crippen MR) is 58.3 cm³/mol. The lowest BCUT2D eigenvalue weighted by Crippen LogP contribution is -1.81. The minimum absolute atomic E-state index is 0.189. The van der Waals surface area contributed by atoms with E-state index in [1.54, 1.807) is 6.07 Å². The Bertz CT molecular complexity index is 472. The first-order valence-electron chi connectivity index (χ1n) is 4.54. The molecule has 0 aliphatic heterocycles. The van der Waals surface area contributed by atoms with E-state index in [0.717, 1.165) is 17.2 Å². The highest BCUT2D eigenvalue weighted by Crippen LogP contribution is 2.20. The predicted octanol–water partition coefficient (Wildman–Crippen LogP) is 3.07. The molecule has 0 saturated carbocycles. The standard InChI is InChI=1S/C13H11O/c1-2-3-10-4-5-12-9-13(14)7-6-11(12)8-10/h2,4-8,14H,1,3H2. The monoisotopic (exact) mass is 183 g/mol. The lowest BCUT2D eigenvalue weighted by molar-refractivity contribution is 0.475. The molecule has 1 nitrogen and oxygen atoms in total. The van der Waals surface area contributed by atoms with Gasteiger partial charge < -0.3 is 5.11 Å². The second-order valence-electron chi connectivity index (χ2n) is 3.26. The average molecular weight is 183 g/mol. The van der Waals surface area contributed by atoms with Gasteiger partial charge in [0.05, 0.1) is 0 Å². The van der Waals surface area contributed by atoms with E-state index in [1.807, 2.05) is 24.3 Å². The minimum atomic E-state index is 0.189. The quantitative estimate of drug-likeness (QED) is 0.709. The molecule has 0 heterocycles. The van der Waals surface area contributed by atoms with E-state index in [-0.39, 0.29) is 5.75 Å². The summed E-state index contributed by atoms with van der Waals surface area (Å²) >= 11 is 0. The van der Waals surface area contributed by atoms with Gasteiger partial charge in [-0.2, -0.15) is 0 Å². The van der Waals surface area contributed by atoms with Crippen LogP contribution in [0, 0.1) is 6.07 Å². The van der Waals surface area contributed by atoms with Crippen molar-refractivity contribution in [2.24, 2.45) is 0 Å². The van der Waals surface area contributed by atoms with E-state index in [2.05, 4.69) is 18.7 Å². The van der Waals surface area contributed by atoms with E-state index in [1.165, 1.54) is 5.56 Å². The molecule has 1 N–H and O–H groups in total. The molecule has 1 radical (unpaired) electrons. The third-order valence-corrected chi connectivity index (χ3v) is 2.18. The maximum atomic E-state index is 9.23. The molecule has 0 aliphatic carbocycles. The Kier molecular flexibility index (Phi) is 2.23. The van der Waals surface area contributed by atoms with Gasteiger partial charge >= 0.3 is 0 Å². The molecule has 0 bridgehead atoms. The number of aromatic hydroxyl groups is 1. The number of benzene rings is 2. The van der Waals surface area contributed by atoms with E-state index >= 15 is 0 Å². The van der Waals surface area contributed by atoms with Gasteiger partial charge in [-0.05, 0) is 28.8 Å². The van der Waals surface area contributed by atoms with Crippen LogP contribution in [0.2, 0.25) is 0 Å². The highest BCUT2D eigenvalue weighted by atomic mass is 16.3. The summed E-state index contributed by atoms with van der Waals surface area (Å²) in [5, 5.41) is 11.3. The van der Waals surface area contributed by atoms with Crippen molar-refractivity contribution < 1.29 is 5.11 Å². The summed E-state index contributed by atoms with van der Waals surface area (Å²) < 4.78 is 0. The van der Waals surface area contributed by atoms with Crippen molar-refractivity contribution in [3.05, 3.63) is 54.6 Å². The maximum Gasteiger partial charge on any atom is 0.124 e. The van der Waals surface area contributed by atoms with Crippen molar-refractivity contribution in [2.75, 3.05) is 0 Å². The molecule has 69 valence electrons. The van der Waals surface area contributed by atoms with Crippen LogP contribution < -0.4 is 0 Å². The molecule has 0 aromatic heterocycles. The summed E-state index contributed by atoms with van der Waals surface area (Å²) in [5.74, 6) is 0.189. The van der Waals surface area contributed by atoms with Gasteiger partial charge in [-0.15, -0.1) is 6.58 Å². The zero-order chi connectivity index (χ0) is 9.97. The lowest BCUT2D eigenvalue weighted by atomic mass is 10.1. The van der Waals surface area contributed by atoms with Crippen LogP contribution in [0.4, 0.5) is 0 Å². The van der Waals surface area contributed by atoms with Crippen LogP contribution in [0.5, 0.6) is 5.75 Å². The van der Waals surface area contributed by atoms with Gasteiger partial charge in [-0.3, -0.25) is 0 Å². The van der Waals surface area contributed by atoms with Crippen LogP contribution in [0.3, 0.4) is 0 Å². The van der Waals surface area contributed by atoms with E-state index < -0.39 is 0 Å². The molecule has 0 amide bonds. The number of hydrogen-bond donors (Lipinski definition) is 1. The summed E-state index contributed by atoms with van der Waals surface area (Å²) in [4.78, 5) is 0. The van der Waals surface area contributed by atoms with Crippen molar-refractivity contribution in [1.29, 1.82) is 0 Å². The molecular formula is C13H11O. The van der Waals surface area contributed by atoms with Crippen molar-refractivity contribution in [3.8, 4) is 5.75 Å². The van der Waals surface area contributed by atoms with E-state index in [0.29, 0.717) is 0 Å². The zero-order valence-electron chi connectivity index (χ0n) is 7.83. The normalized spacial score (nSPS) is 10.3. The Hall–Kier alpha value is -1.76. The fraction of sp³-hybridized carbons (Fsp3) is 0.0769. The minimum Gasteiger partial charge on any atom is -0.507 e. The summed E-state index contributed by atoms with van der Waals surface area (Å²) in [7, 11) is 0. The van der Waals surface area contributed by atoms with E-state index in [4.69, 9.17) is 0 Å². The second kappa shape index (κ2) is 3.54. The molecule has 0 saturated heterocycles. The first-order valence-corrected chi connectivity index (χ1v) is 4.54. The van der Waals surface area contributed by atoms with Crippen LogP contribution in [-0.2, 0) is 6.42 Å². The molecule has 0 aliphatic rings. The van der Waals surface area contributed by atoms with Crippen molar-refractivity contribution in [1.82, 2.24) is 0 Å². The Balaban J connectivity index is 2.55. The molecule has 0 atom stereocenters. The molecule has 2 aromatic carbocycles. The van der Waals surface area contributed by atoms with Gasteiger partial charge in [-0.1, -0.05) is 30.3 Å². The number of rotatable bonds is 2. The van der Waals surface area contributed by atoms with Crippen molar-refractivity contribution >= 4 is 10.8 Å². The van der Waals surface area contributed by atoms with Crippen LogP contribution in [0.1, 0.15) is 5.56 Å². The smallest absolute Gasteiger partial charge is 0.124 e. The summed E-state index contributed by atoms with van der Waals surface area (Å²) in [5.41, 5.74) is 1.23. The van der Waals surface area contributed by atoms with Crippen LogP contribution >= 0.6 is 0 Å². The summed E-state index contributed by atoms with van der Waals surface area (Å²) in [6, 6.07) is 12.5. The number of phenolic OH excluding ortho intramolecular Hbond substituents is 1. The third-order valence-electron chi connectivity index (χ3n) is 2.18. The number of allylic oxidation sites excluding steroid dienone is 1. The number of phenols is 1. The highest BCUT2D eigenvalue weighted by Gasteiger charge is 1.96. The third kappa shape index (κ3) is 1.62. The topological polar surface area (TPSA) is 20.2 Å². The second-order valence-corrected chi connectivity index (χ2v) is 3.26. The molecule has 2 rings (SSSR count). The van der Waals surface area contributed by atoms with Crippen molar-refractivity contribution in [2.45, 2.75) is 6.42 Å². The molecule has 0 unspecified atom stereocenters. The highest BCUT2D eigenvalue weighted by molar-refractivity contribution is 5.83. The molecule has 2 aromatic rings. The maximum absolute atomic E-state index is 9.23. The Labute approximate surface area is 83.3 Å². The molecule has 0 fully saturated rings. The first kappa shape index (κ1) is 8.82. The van der Waals surface area contributed by atoms with Crippen LogP contribution in [0.25, 0.3) is 10.8 Å². The van der Waals surface area contributed by atoms with Crippen molar-refractivity contribution in [3.63, 3.8) is 0 Å². The SMILES string of the molecule is C=CCc1ccc2[c]c(O)ccc2c1. The van der Waals surface area contributed by atoms with Gasteiger partial charge in [0.2, 0.25) is 0 Å². The Morgan fingerprint density at radius 3 is 2.93 bits per heavy atom. The molecule has 14 heavy (non-hydrogen) atoms. The average Bonchev–Trinajstić information content (AvgIpc) is 2.19. The zero-order valence-corrected chi connectivity index (χ0v) is 7.83. The van der Waals surface area contributed by atoms with Gasteiger partial charge in [0.1, 0.15) is 5.75 Å². The van der Waals surface area contributed by atoms with Gasteiger partial charge in [0, 0.05) is 6.07 Å².